The lowest BCUT2D eigenvalue weighted by atomic mass is 9.81. The lowest BCUT2D eigenvalue weighted by molar-refractivity contribution is -0.128. The molecule has 3 unspecified atom stereocenters. The van der Waals surface area contributed by atoms with Crippen LogP contribution < -0.4 is 11.1 Å². The molecule has 1 aliphatic carbocycles. The summed E-state index contributed by atoms with van der Waals surface area (Å²) in [6.45, 7) is 8.40. The van der Waals surface area contributed by atoms with E-state index in [-0.39, 0.29) is 17.9 Å². The smallest absolute Gasteiger partial charge is 0.264 e. The summed E-state index contributed by atoms with van der Waals surface area (Å²) in [6.07, 6.45) is 6.18. The standard InChI is InChI=1S/C28H42N4O2S2/c1-20(2)18-31(19-24-8-4-12-35-24)23-10-11-32(28(34)26-9-5-13-36-26)25(15-23)27(33)30-17-22-7-3-6-21(14-22)16-29/h4-5,8-9,12-13,20-23,25H,3,6-7,10-11,14-19,29H2,1-2H3,(H,30,33)/t21?,22?,23?,25-/m1/s1. The molecule has 0 bridgehead atoms. The van der Waals surface area contributed by atoms with Crippen molar-refractivity contribution in [1.82, 2.24) is 15.1 Å². The van der Waals surface area contributed by atoms with Crippen molar-refractivity contribution in [3.8, 4) is 0 Å². The lowest BCUT2D eigenvalue weighted by Gasteiger charge is -2.43. The van der Waals surface area contributed by atoms with E-state index in [4.69, 9.17) is 5.73 Å². The molecule has 0 aromatic carbocycles. The predicted molar refractivity (Wildman–Crippen MR) is 149 cm³/mol. The molecule has 2 fully saturated rings. The van der Waals surface area contributed by atoms with E-state index in [0.29, 0.717) is 42.1 Å². The Morgan fingerprint density at radius 1 is 1.11 bits per heavy atom. The fourth-order valence-corrected chi connectivity index (χ4v) is 7.30. The number of nitrogens with two attached hydrogens (primary N) is 1. The number of hydrogen-bond acceptors (Lipinski definition) is 6. The maximum Gasteiger partial charge on any atom is 0.264 e. The maximum atomic E-state index is 13.6. The first-order valence-corrected chi connectivity index (χ1v) is 15.3. The van der Waals surface area contributed by atoms with Crippen molar-refractivity contribution in [2.24, 2.45) is 23.5 Å². The van der Waals surface area contributed by atoms with E-state index in [1.807, 2.05) is 22.4 Å². The average Bonchev–Trinajstić information content (AvgIpc) is 3.61. The highest BCUT2D eigenvalue weighted by Gasteiger charge is 2.39. The van der Waals surface area contributed by atoms with Crippen LogP contribution >= 0.6 is 22.7 Å². The SMILES string of the molecule is CC(C)CN(Cc1cccs1)C1CCN(C(=O)c2cccs2)[C@@H](C(=O)NCC2CCCC(CN)C2)C1. The van der Waals surface area contributed by atoms with Crippen LogP contribution in [0.1, 0.15) is 66.9 Å². The molecule has 1 aliphatic heterocycles. The highest BCUT2D eigenvalue weighted by atomic mass is 32.1. The van der Waals surface area contributed by atoms with Crippen molar-refractivity contribution in [1.29, 1.82) is 0 Å². The second-order valence-electron chi connectivity index (χ2n) is 11.0. The Morgan fingerprint density at radius 2 is 1.89 bits per heavy atom. The molecule has 1 saturated heterocycles. The fraction of sp³-hybridized carbons (Fsp3) is 0.643. The molecule has 3 heterocycles. The van der Waals surface area contributed by atoms with Gasteiger partial charge in [0.05, 0.1) is 4.88 Å². The molecule has 2 aliphatic rings. The summed E-state index contributed by atoms with van der Waals surface area (Å²) in [5.74, 6) is 1.56. The third-order valence-electron chi connectivity index (χ3n) is 7.72. The van der Waals surface area contributed by atoms with Gasteiger partial charge in [0.25, 0.3) is 5.91 Å². The molecule has 36 heavy (non-hydrogen) atoms. The Balaban J connectivity index is 1.48. The summed E-state index contributed by atoms with van der Waals surface area (Å²) < 4.78 is 0. The van der Waals surface area contributed by atoms with Gasteiger partial charge in [-0.1, -0.05) is 32.4 Å². The number of carbonyl (C=O) groups is 2. The van der Waals surface area contributed by atoms with Crippen molar-refractivity contribution in [3.05, 3.63) is 44.8 Å². The van der Waals surface area contributed by atoms with E-state index < -0.39 is 6.04 Å². The van der Waals surface area contributed by atoms with E-state index in [1.165, 1.54) is 29.1 Å². The Hall–Kier alpha value is -1.74. The van der Waals surface area contributed by atoms with E-state index in [9.17, 15) is 9.59 Å². The number of nitrogens with zero attached hydrogens (tertiary/aromatic N) is 2. The van der Waals surface area contributed by atoms with Gasteiger partial charge in [0.1, 0.15) is 6.04 Å². The first-order chi connectivity index (χ1) is 17.4. The highest BCUT2D eigenvalue weighted by molar-refractivity contribution is 7.12. The number of amides is 2. The maximum absolute atomic E-state index is 13.6. The molecule has 1 saturated carbocycles. The zero-order valence-corrected chi connectivity index (χ0v) is 23.4. The molecular weight excluding hydrogens is 488 g/mol. The van der Waals surface area contributed by atoms with Crippen molar-refractivity contribution in [2.45, 2.75) is 71.0 Å². The molecule has 0 spiro atoms. The minimum absolute atomic E-state index is 0.0000913. The molecule has 2 aromatic heterocycles. The van der Waals surface area contributed by atoms with Crippen LogP contribution in [0.5, 0.6) is 0 Å². The number of thiophene rings is 2. The van der Waals surface area contributed by atoms with Gasteiger partial charge in [0.2, 0.25) is 5.91 Å². The number of piperidine rings is 1. The minimum atomic E-state index is -0.440. The van der Waals surface area contributed by atoms with Gasteiger partial charge in [-0.05, 0) is 79.3 Å². The first kappa shape index (κ1) is 27.3. The molecule has 198 valence electrons. The zero-order chi connectivity index (χ0) is 25.5. The fourth-order valence-electron chi connectivity index (χ4n) is 5.89. The second-order valence-corrected chi connectivity index (χ2v) is 12.9. The zero-order valence-electron chi connectivity index (χ0n) is 21.7. The van der Waals surface area contributed by atoms with Crippen LogP contribution in [0.2, 0.25) is 0 Å². The Labute approximate surface area is 224 Å². The number of carbonyl (C=O) groups excluding carboxylic acids is 2. The molecule has 0 radical (unpaired) electrons. The van der Waals surface area contributed by atoms with Crippen molar-refractivity contribution in [2.75, 3.05) is 26.2 Å². The van der Waals surface area contributed by atoms with Gasteiger partial charge in [-0.2, -0.15) is 0 Å². The normalized spacial score (nSPS) is 24.9. The molecule has 6 nitrogen and oxygen atoms in total. The molecule has 4 atom stereocenters. The highest BCUT2D eigenvalue weighted by Crippen LogP contribution is 2.30. The van der Waals surface area contributed by atoms with Crippen molar-refractivity contribution in [3.63, 3.8) is 0 Å². The van der Waals surface area contributed by atoms with E-state index in [1.54, 1.807) is 11.3 Å². The van der Waals surface area contributed by atoms with Gasteiger partial charge >= 0.3 is 0 Å². The topological polar surface area (TPSA) is 78.7 Å². The number of nitrogens with one attached hydrogen (secondary N) is 1. The quantitative estimate of drug-likeness (QED) is 0.462. The lowest BCUT2D eigenvalue weighted by Crippen LogP contribution is -2.57. The number of rotatable bonds is 10. The van der Waals surface area contributed by atoms with Crippen LogP contribution in [0.3, 0.4) is 0 Å². The predicted octanol–water partition coefficient (Wildman–Crippen LogP) is 4.82. The third-order valence-corrected chi connectivity index (χ3v) is 9.43. The van der Waals surface area contributed by atoms with Crippen LogP contribution in [0.4, 0.5) is 0 Å². The van der Waals surface area contributed by atoms with Gasteiger partial charge in [-0.3, -0.25) is 14.5 Å². The van der Waals surface area contributed by atoms with Crippen LogP contribution in [-0.4, -0.2) is 59.9 Å². The summed E-state index contributed by atoms with van der Waals surface area (Å²) in [7, 11) is 0. The van der Waals surface area contributed by atoms with E-state index in [2.05, 4.69) is 41.6 Å². The Kier molecular flexibility index (Phi) is 9.99. The second kappa shape index (κ2) is 13.2. The largest absolute Gasteiger partial charge is 0.354 e. The van der Waals surface area contributed by atoms with E-state index >= 15 is 0 Å². The van der Waals surface area contributed by atoms with Crippen LogP contribution in [0, 0.1) is 17.8 Å². The van der Waals surface area contributed by atoms with Crippen LogP contribution in [0.25, 0.3) is 0 Å². The number of hydrogen-bond donors (Lipinski definition) is 2. The molecule has 8 heteroatoms. The third kappa shape index (κ3) is 7.18. The number of likely N-dealkylation sites (tertiary alicyclic amines) is 1. The average molecular weight is 531 g/mol. The first-order valence-electron chi connectivity index (χ1n) is 13.5. The van der Waals surface area contributed by atoms with Crippen LogP contribution in [0.15, 0.2) is 35.0 Å². The Morgan fingerprint density at radius 3 is 2.58 bits per heavy atom. The van der Waals surface area contributed by atoms with Gasteiger partial charge in [-0.25, -0.2) is 0 Å². The molecule has 3 N–H and O–H groups in total. The summed E-state index contributed by atoms with van der Waals surface area (Å²) in [5.41, 5.74) is 5.93. The molecule has 4 rings (SSSR count). The van der Waals surface area contributed by atoms with Gasteiger partial charge in [0, 0.05) is 37.1 Å². The van der Waals surface area contributed by atoms with Crippen molar-refractivity contribution >= 4 is 34.5 Å². The van der Waals surface area contributed by atoms with E-state index in [0.717, 1.165) is 38.9 Å². The summed E-state index contributed by atoms with van der Waals surface area (Å²) in [6, 6.07) is 7.90. The van der Waals surface area contributed by atoms with Gasteiger partial charge < -0.3 is 16.0 Å². The van der Waals surface area contributed by atoms with Gasteiger partial charge in [0.15, 0.2) is 0 Å². The summed E-state index contributed by atoms with van der Waals surface area (Å²) in [5, 5.41) is 7.31. The summed E-state index contributed by atoms with van der Waals surface area (Å²) >= 11 is 3.24. The monoisotopic (exact) mass is 530 g/mol. The van der Waals surface area contributed by atoms with Crippen LogP contribution in [-0.2, 0) is 11.3 Å². The van der Waals surface area contributed by atoms with Crippen molar-refractivity contribution < 1.29 is 9.59 Å². The summed E-state index contributed by atoms with van der Waals surface area (Å²) in [4.78, 5) is 33.5. The Bertz CT molecular complexity index is 947. The van der Waals surface area contributed by atoms with Gasteiger partial charge in [-0.15, -0.1) is 22.7 Å². The molecule has 2 aromatic rings. The molecular formula is C28H42N4O2S2. The molecule has 2 amide bonds. The minimum Gasteiger partial charge on any atom is -0.354 e.